The summed E-state index contributed by atoms with van der Waals surface area (Å²) in [5, 5.41) is 3.13. The summed E-state index contributed by atoms with van der Waals surface area (Å²) in [5.41, 5.74) is -0.685. The van der Waals surface area contributed by atoms with E-state index in [0.29, 0.717) is 25.6 Å². The standard InChI is InChI=1S/C12H22N2O4S/c1-13-12(10-3-4-10,11(15)18-2)9-14-5-7-19(16,17)8-6-14/h10,13H,3-9H2,1-2H3. The van der Waals surface area contributed by atoms with Gasteiger partial charge in [-0.25, -0.2) is 13.2 Å². The van der Waals surface area contributed by atoms with E-state index in [1.165, 1.54) is 7.11 Å². The molecule has 0 radical (unpaired) electrons. The Balaban J connectivity index is 2.07. The van der Waals surface area contributed by atoms with E-state index < -0.39 is 15.4 Å². The molecule has 6 nitrogen and oxygen atoms in total. The van der Waals surface area contributed by atoms with Crippen molar-refractivity contribution in [3.8, 4) is 0 Å². The Morgan fingerprint density at radius 3 is 2.37 bits per heavy atom. The SMILES string of the molecule is CNC(CN1CCS(=O)(=O)CC1)(C(=O)OC)C1CC1. The molecule has 7 heteroatoms. The molecule has 2 rings (SSSR count). The number of esters is 1. The molecule has 110 valence electrons. The minimum absolute atomic E-state index is 0.179. The normalized spacial score (nSPS) is 26.6. The fraction of sp³-hybridized carbons (Fsp3) is 0.917. The van der Waals surface area contributed by atoms with E-state index in [9.17, 15) is 13.2 Å². The molecule has 1 aliphatic heterocycles. The van der Waals surface area contributed by atoms with Crippen LogP contribution in [0.25, 0.3) is 0 Å². The first kappa shape index (κ1) is 14.7. The van der Waals surface area contributed by atoms with Crippen molar-refractivity contribution in [1.82, 2.24) is 10.2 Å². The molecule has 0 aromatic rings. The van der Waals surface area contributed by atoms with Gasteiger partial charge >= 0.3 is 5.97 Å². The Labute approximate surface area is 114 Å². The van der Waals surface area contributed by atoms with Crippen molar-refractivity contribution in [1.29, 1.82) is 0 Å². The van der Waals surface area contributed by atoms with Crippen LogP contribution in [-0.2, 0) is 19.4 Å². The van der Waals surface area contributed by atoms with Gasteiger partial charge in [0.25, 0.3) is 0 Å². The molecule has 1 N–H and O–H groups in total. The molecular weight excluding hydrogens is 268 g/mol. The molecule has 0 aromatic carbocycles. The van der Waals surface area contributed by atoms with Gasteiger partial charge in [0.05, 0.1) is 18.6 Å². The zero-order valence-electron chi connectivity index (χ0n) is 11.5. The number of rotatable bonds is 5. The lowest BCUT2D eigenvalue weighted by molar-refractivity contribution is -0.150. The van der Waals surface area contributed by atoms with Gasteiger partial charge in [0.2, 0.25) is 0 Å². The highest BCUT2D eigenvalue weighted by Crippen LogP contribution is 2.41. The Hall–Kier alpha value is -0.660. The lowest BCUT2D eigenvalue weighted by Crippen LogP contribution is -2.61. The topological polar surface area (TPSA) is 75.7 Å². The highest BCUT2D eigenvalue weighted by atomic mass is 32.2. The molecule has 1 heterocycles. The number of carbonyl (C=O) groups is 1. The second-order valence-corrected chi connectivity index (χ2v) is 7.72. The second kappa shape index (κ2) is 5.38. The number of likely N-dealkylation sites (N-methyl/N-ethyl adjacent to an activating group) is 1. The van der Waals surface area contributed by atoms with E-state index in [-0.39, 0.29) is 17.5 Å². The summed E-state index contributed by atoms with van der Waals surface area (Å²) in [6.07, 6.45) is 2.03. The third-order valence-electron chi connectivity index (χ3n) is 4.18. The van der Waals surface area contributed by atoms with Crippen LogP contribution in [-0.4, -0.2) is 70.1 Å². The highest BCUT2D eigenvalue weighted by molar-refractivity contribution is 7.91. The summed E-state index contributed by atoms with van der Waals surface area (Å²) in [7, 11) is 0.287. The fourth-order valence-corrected chi connectivity index (χ4v) is 4.04. The zero-order valence-corrected chi connectivity index (χ0v) is 12.3. The van der Waals surface area contributed by atoms with Crippen molar-refractivity contribution < 1.29 is 17.9 Å². The Morgan fingerprint density at radius 1 is 1.37 bits per heavy atom. The van der Waals surface area contributed by atoms with E-state index >= 15 is 0 Å². The first-order valence-electron chi connectivity index (χ1n) is 6.63. The smallest absolute Gasteiger partial charge is 0.327 e. The Bertz CT molecular complexity index is 433. The molecule has 1 saturated carbocycles. The molecule has 1 unspecified atom stereocenters. The van der Waals surface area contributed by atoms with Crippen LogP contribution in [0.5, 0.6) is 0 Å². The number of nitrogens with zero attached hydrogens (tertiary/aromatic N) is 1. The van der Waals surface area contributed by atoms with Gasteiger partial charge in [-0.05, 0) is 25.8 Å². The van der Waals surface area contributed by atoms with Crippen molar-refractivity contribution in [3.63, 3.8) is 0 Å². The van der Waals surface area contributed by atoms with Gasteiger partial charge < -0.3 is 10.1 Å². The minimum atomic E-state index is -2.89. The number of hydrogen-bond donors (Lipinski definition) is 1. The van der Waals surface area contributed by atoms with E-state index in [1.807, 2.05) is 4.90 Å². The van der Waals surface area contributed by atoms with Crippen LogP contribution in [0.15, 0.2) is 0 Å². The van der Waals surface area contributed by atoms with Gasteiger partial charge in [-0.3, -0.25) is 4.90 Å². The second-order valence-electron chi connectivity index (χ2n) is 5.42. The predicted octanol–water partition coefficient (Wildman–Crippen LogP) is -0.742. The molecular formula is C12H22N2O4S. The van der Waals surface area contributed by atoms with Crippen molar-refractivity contribution in [2.45, 2.75) is 18.4 Å². The Kier molecular flexibility index (Phi) is 4.17. The largest absolute Gasteiger partial charge is 0.468 e. The average molecular weight is 290 g/mol. The summed E-state index contributed by atoms with van der Waals surface area (Å²) in [5.74, 6) is 0.409. The van der Waals surface area contributed by atoms with Crippen molar-refractivity contribution >= 4 is 15.8 Å². The number of methoxy groups -OCH3 is 1. The summed E-state index contributed by atoms with van der Waals surface area (Å²) >= 11 is 0. The van der Waals surface area contributed by atoms with Crippen molar-refractivity contribution in [2.24, 2.45) is 5.92 Å². The monoisotopic (exact) mass is 290 g/mol. The van der Waals surface area contributed by atoms with Crippen molar-refractivity contribution in [3.05, 3.63) is 0 Å². The lowest BCUT2D eigenvalue weighted by Gasteiger charge is -2.37. The molecule has 2 fully saturated rings. The highest BCUT2D eigenvalue weighted by Gasteiger charge is 2.52. The maximum Gasteiger partial charge on any atom is 0.327 e. The maximum atomic E-state index is 12.1. The summed E-state index contributed by atoms with van der Waals surface area (Å²) in [4.78, 5) is 14.2. The van der Waals surface area contributed by atoms with Crippen LogP contribution in [0.1, 0.15) is 12.8 Å². The molecule has 19 heavy (non-hydrogen) atoms. The van der Waals surface area contributed by atoms with Crippen LogP contribution in [0.3, 0.4) is 0 Å². The molecule has 1 saturated heterocycles. The molecule has 0 bridgehead atoms. The predicted molar refractivity (Wildman–Crippen MR) is 71.6 cm³/mol. The van der Waals surface area contributed by atoms with Gasteiger partial charge in [-0.2, -0.15) is 0 Å². The summed E-state index contributed by atoms with van der Waals surface area (Å²) < 4.78 is 27.8. The number of ether oxygens (including phenoxy) is 1. The molecule has 2 aliphatic rings. The van der Waals surface area contributed by atoms with Gasteiger partial charge in [0, 0.05) is 19.6 Å². The first-order chi connectivity index (χ1) is 8.93. The molecule has 0 spiro atoms. The average Bonchev–Trinajstić information content (AvgIpc) is 3.22. The summed E-state index contributed by atoms with van der Waals surface area (Å²) in [6.45, 7) is 1.52. The van der Waals surface area contributed by atoms with E-state index in [2.05, 4.69) is 5.32 Å². The third kappa shape index (κ3) is 3.09. The van der Waals surface area contributed by atoms with Gasteiger partial charge in [0.15, 0.2) is 9.84 Å². The lowest BCUT2D eigenvalue weighted by atomic mass is 9.92. The van der Waals surface area contributed by atoms with Crippen molar-refractivity contribution in [2.75, 3.05) is 45.3 Å². The molecule has 0 amide bonds. The maximum absolute atomic E-state index is 12.1. The van der Waals surface area contributed by atoms with Gasteiger partial charge in [-0.15, -0.1) is 0 Å². The molecule has 1 atom stereocenters. The van der Waals surface area contributed by atoms with Crippen LogP contribution in [0.4, 0.5) is 0 Å². The number of sulfone groups is 1. The van der Waals surface area contributed by atoms with Crippen LogP contribution < -0.4 is 5.32 Å². The third-order valence-corrected chi connectivity index (χ3v) is 5.79. The summed E-state index contributed by atoms with van der Waals surface area (Å²) in [6, 6.07) is 0. The van der Waals surface area contributed by atoms with Crippen LogP contribution in [0.2, 0.25) is 0 Å². The quantitative estimate of drug-likeness (QED) is 0.672. The fourth-order valence-electron chi connectivity index (χ4n) is 2.76. The minimum Gasteiger partial charge on any atom is -0.468 e. The Morgan fingerprint density at radius 2 is 1.95 bits per heavy atom. The molecule has 0 aromatic heterocycles. The number of carbonyl (C=O) groups excluding carboxylic acids is 1. The van der Waals surface area contributed by atoms with E-state index in [4.69, 9.17) is 4.74 Å². The van der Waals surface area contributed by atoms with Crippen LogP contribution >= 0.6 is 0 Å². The molecule has 1 aliphatic carbocycles. The van der Waals surface area contributed by atoms with E-state index in [1.54, 1.807) is 7.05 Å². The number of hydrogen-bond acceptors (Lipinski definition) is 6. The van der Waals surface area contributed by atoms with E-state index in [0.717, 1.165) is 12.8 Å². The van der Waals surface area contributed by atoms with Gasteiger partial charge in [-0.1, -0.05) is 0 Å². The van der Waals surface area contributed by atoms with Crippen LogP contribution in [0, 0.1) is 5.92 Å². The first-order valence-corrected chi connectivity index (χ1v) is 8.46. The zero-order chi connectivity index (χ0) is 14.1. The van der Waals surface area contributed by atoms with Gasteiger partial charge in [0.1, 0.15) is 5.54 Å². The number of nitrogens with one attached hydrogen (secondary N) is 1.